The average molecular weight is 380 g/mol. The summed E-state index contributed by atoms with van der Waals surface area (Å²) in [6.07, 6.45) is 1.45. The van der Waals surface area contributed by atoms with Gasteiger partial charge in [-0.3, -0.25) is 9.48 Å². The summed E-state index contributed by atoms with van der Waals surface area (Å²) in [6, 6.07) is 11.9. The van der Waals surface area contributed by atoms with Crippen molar-refractivity contribution in [2.24, 2.45) is 7.05 Å². The fourth-order valence-electron chi connectivity index (χ4n) is 3.19. The first-order valence-corrected chi connectivity index (χ1v) is 8.86. The van der Waals surface area contributed by atoms with Gasteiger partial charge in [0.25, 0.3) is 5.91 Å². The largest absolute Gasteiger partial charge is 0.338 e. The van der Waals surface area contributed by atoms with Crippen LogP contribution in [0.1, 0.15) is 21.6 Å². The minimum atomic E-state index is -0.312. The van der Waals surface area contributed by atoms with E-state index < -0.39 is 0 Å². The van der Waals surface area contributed by atoms with Gasteiger partial charge in [0.1, 0.15) is 11.5 Å². The van der Waals surface area contributed by atoms with Crippen LogP contribution in [0.25, 0.3) is 22.4 Å². The quantitative estimate of drug-likeness (QED) is 0.550. The fourth-order valence-corrected chi connectivity index (χ4v) is 3.44. The van der Waals surface area contributed by atoms with Gasteiger partial charge in [0.15, 0.2) is 0 Å². The molecule has 1 amide bonds. The number of aromatic amines is 1. The third-order valence-corrected chi connectivity index (χ3v) is 4.62. The van der Waals surface area contributed by atoms with Crippen LogP contribution in [0, 0.1) is 13.8 Å². The van der Waals surface area contributed by atoms with E-state index >= 15 is 0 Å². The van der Waals surface area contributed by atoms with Crippen molar-refractivity contribution in [1.29, 1.82) is 0 Å². The van der Waals surface area contributed by atoms with Gasteiger partial charge in [-0.25, -0.2) is 4.98 Å². The number of imidazole rings is 1. The van der Waals surface area contributed by atoms with Crippen molar-refractivity contribution < 1.29 is 4.79 Å². The monoisotopic (exact) mass is 379 g/mol. The number of hydrogen-bond donors (Lipinski definition) is 2. The molecule has 0 aliphatic carbocycles. The second-order valence-electron chi connectivity index (χ2n) is 6.61. The lowest BCUT2D eigenvalue weighted by Crippen LogP contribution is -2.16. The second kappa shape index (κ2) is 6.55. The molecule has 6 nitrogen and oxygen atoms in total. The zero-order valence-electron chi connectivity index (χ0n) is 15.2. The number of nitrogens with zero attached hydrogens (tertiary/aromatic N) is 3. The van der Waals surface area contributed by atoms with E-state index in [-0.39, 0.29) is 5.91 Å². The molecular weight excluding hydrogens is 362 g/mol. The van der Waals surface area contributed by atoms with Crippen LogP contribution < -0.4 is 5.32 Å². The topological polar surface area (TPSA) is 75.6 Å². The first-order chi connectivity index (χ1) is 12.9. The Morgan fingerprint density at radius 2 is 1.89 bits per heavy atom. The summed E-state index contributed by atoms with van der Waals surface area (Å²) >= 11 is 6.04. The molecule has 2 aromatic carbocycles. The summed E-state index contributed by atoms with van der Waals surface area (Å²) in [7, 11) is 1.68. The zero-order valence-corrected chi connectivity index (χ0v) is 15.9. The van der Waals surface area contributed by atoms with Gasteiger partial charge in [0.05, 0.1) is 22.3 Å². The number of hydrogen-bond acceptors (Lipinski definition) is 3. The normalized spacial score (nSPS) is 11.1. The fraction of sp³-hybridized carbons (Fsp3) is 0.150. The van der Waals surface area contributed by atoms with Crippen molar-refractivity contribution in [1.82, 2.24) is 19.7 Å². The highest BCUT2D eigenvalue weighted by molar-refractivity contribution is 6.34. The van der Waals surface area contributed by atoms with Gasteiger partial charge >= 0.3 is 0 Å². The Balaban J connectivity index is 1.66. The highest BCUT2D eigenvalue weighted by atomic mass is 35.5. The van der Waals surface area contributed by atoms with Crippen LogP contribution in [0.15, 0.2) is 42.6 Å². The summed E-state index contributed by atoms with van der Waals surface area (Å²) in [5.74, 6) is 0.489. The summed E-state index contributed by atoms with van der Waals surface area (Å²) < 4.78 is 1.45. The molecule has 0 spiro atoms. The molecule has 0 atom stereocenters. The highest BCUT2D eigenvalue weighted by Gasteiger charge is 2.16. The summed E-state index contributed by atoms with van der Waals surface area (Å²) in [4.78, 5) is 20.5. The Kier molecular flexibility index (Phi) is 4.20. The molecule has 2 N–H and O–H groups in total. The summed E-state index contributed by atoms with van der Waals surface area (Å²) in [5, 5.41) is 7.16. The lowest BCUT2D eigenvalue weighted by molar-refractivity contribution is 0.101. The molecule has 4 rings (SSSR count). The van der Waals surface area contributed by atoms with Crippen LogP contribution in [-0.4, -0.2) is 25.7 Å². The number of halogens is 1. The van der Waals surface area contributed by atoms with Gasteiger partial charge in [-0.1, -0.05) is 28.8 Å². The highest BCUT2D eigenvalue weighted by Crippen LogP contribution is 2.25. The van der Waals surface area contributed by atoms with Crippen molar-refractivity contribution in [2.75, 3.05) is 5.32 Å². The molecule has 7 heteroatoms. The van der Waals surface area contributed by atoms with Gasteiger partial charge in [0, 0.05) is 18.3 Å². The maximum absolute atomic E-state index is 12.5. The van der Waals surface area contributed by atoms with Gasteiger partial charge < -0.3 is 10.3 Å². The van der Waals surface area contributed by atoms with E-state index in [0.29, 0.717) is 16.4 Å². The van der Waals surface area contributed by atoms with E-state index in [2.05, 4.69) is 52.4 Å². The number of aromatic nitrogens is 4. The zero-order chi connectivity index (χ0) is 19.1. The third kappa shape index (κ3) is 3.31. The van der Waals surface area contributed by atoms with Gasteiger partial charge in [-0.05, 0) is 44.2 Å². The molecule has 4 aromatic rings. The number of aryl methyl sites for hydroxylation is 3. The molecule has 27 heavy (non-hydrogen) atoms. The lowest BCUT2D eigenvalue weighted by atomic mass is 10.1. The minimum absolute atomic E-state index is 0.312. The maximum atomic E-state index is 12.5. The van der Waals surface area contributed by atoms with Crippen LogP contribution in [0.2, 0.25) is 5.02 Å². The number of benzene rings is 2. The van der Waals surface area contributed by atoms with Crippen molar-refractivity contribution in [3.63, 3.8) is 0 Å². The van der Waals surface area contributed by atoms with Gasteiger partial charge in [0.2, 0.25) is 0 Å². The number of fused-ring (bicyclic) bond motifs is 1. The SMILES string of the molecule is Cc1cc(C)cc(-c2nc3ccc(NC(=O)c4c(Cl)cnn4C)cc3[nH]2)c1. The molecule has 0 radical (unpaired) electrons. The number of amides is 1. The molecule has 0 saturated carbocycles. The molecule has 0 saturated heterocycles. The van der Waals surface area contributed by atoms with Crippen molar-refractivity contribution >= 4 is 34.2 Å². The maximum Gasteiger partial charge on any atom is 0.275 e. The first-order valence-electron chi connectivity index (χ1n) is 8.48. The molecule has 0 unspecified atom stereocenters. The van der Waals surface area contributed by atoms with E-state index in [1.807, 2.05) is 18.2 Å². The Morgan fingerprint density at radius 3 is 2.56 bits per heavy atom. The van der Waals surface area contributed by atoms with Crippen LogP contribution in [0.4, 0.5) is 5.69 Å². The molecule has 2 heterocycles. The average Bonchev–Trinajstić information content (AvgIpc) is 3.16. The molecular formula is C20H18ClN5O. The number of nitrogens with one attached hydrogen (secondary N) is 2. The molecule has 0 aliphatic rings. The smallest absolute Gasteiger partial charge is 0.275 e. The second-order valence-corrected chi connectivity index (χ2v) is 7.02. The van der Waals surface area contributed by atoms with Crippen LogP contribution in [-0.2, 0) is 7.05 Å². The summed E-state index contributed by atoms with van der Waals surface area (Å²) in [5.41, 5.74) is 6.06. The Bertz CT molecular complexity index is 1130. The first kappa shape index (κ1) is 17.3. The number of carbonyl (C=O) groups excluding carboxylic acids is 1. The number of carbonyl (C=O) groups is 1. The predicted molar refractivity (Wildman–Crippen MR) is 107 cm³/mol. The van der Waals surface area contributed by atoms with Gasteiger partial charge in [-0.2, -0.15) is 5.10 Å². The van der Waals surface area contributed by atoms with Crippen molar-refractivity contribution in [3.8, 4) is 11.4 Å². The molecule has 136 valence electrons. The molecule has 0 bridgehead atoms. The Morgan fingerprint density at radius 1 is 1.15 bits per heavy atom. The van der Waals surface area contributed by atoms with E-state index in [1.165, 1.54) is 22.0 Å². The van der Waals surface area contributed by atoms with E-state index in [9.17, 15) is 4.79 Å². The number of H-pyrrole nitrogens is 1. The summed E-state index contributed by atoms with van der Waals surface area (Å²) in [6.45, 7) is 4.13. The van der Waals surface area contributed by atoms with Gasteiger partial charge in [-0.15, -0.1) is 0 Å². The number of anilines is 1. The number of rotatable bonds is 3. The van der Waals surface area contributed by atoms with E-state index in [0.717, 1.165) is 22.4 Å². The third-order valence-electron chi connectivity index (χ3n) is 4.34. The Hall–Kier alpha value is -3.12. The Labute approximate surface area is 161 Å². The minimum Gasteiger partial charge on any atom is -0.338 e. The standard InChI is InChI=1S/C20H18ClN5O/c1-11-6-12(2)8-13(7-11)19-24-16-5-4-14(9-17(16)25-19)23-20(27)18-15(21)10-22-26(18)3/h4-10H,1-3H3,(H,23,27)(H,24,25). The molecule has 0 fully saturated rings. The van der Waals surface area contributed by atoms with Crippen molar-refractivity contribution in [3.05, 3.63) is 64.4 Å². The van der Waals surface area contributed by atoms with E-state index in [4.69, 9.17) is 11.6 Å². The van der Waals surface area contributed by atoms with E-state index in [1.54, 1.807) is 7.05 Å². The van der Waals surface area contributed by atoms with Crippen LogP contribution >= 0.6 is 11.6 Å². The molecule has 0 aliphatic heterocycles. The van der Waals surface area contributed by atoms with Crippen molar-refractivity contribution in [2.45, 2.75) is 13.8 Å². The lowest BCUT2D eigenvalue weighted by Gasteiger charge is -2.06. The molecule has 2 aromatic heterocycles. The van der Waals surface area contributed by atoms with Crippen LogP contribution in [0.5, 0.6) is 0 Å². The predicted octanol–water partition coefficient (Wildman–Crippen LogP) is 4.49. The van der Waals surface area contributed by atoms with Crippen LogP contribution in [0.3, 0.4) is 0 Å².